The second-order valence-electron chi connectivity index (χ2n) is 10.3. The zero-order valence-electron chi connectivity index (χ0n) is 22.5. The summed E-state index contributed by atoms with van der Waals surface area (Å²) in [6.45, 7) is 3.62. The smallest absolute Gasteiger partial charge is 0.334 e. The predicted molar refractivity (Wildman–Crippen MR) is 135 cm³/mol. The van der Waals surface area contributed by atoms with E-state index in [1.54, 1.807) is 13.8 Å². The van der Waals surface area contributed by atoms with Crippen molar-refractivity contribution in [3.63, 3.8) is 0 Å². The first-order valence-corrected chi connectivity index (χ1v) is 13.1. The number of hydrogen-bond donors (Lipinski definition) is 0. The van der Waals surface area contributed by atoms with Crippen LogP contribution in [0.15, 0.2) is 41.5 Å². The van der Waals surface area contributed by atoms with Crippen molar-refractivity contribution >= 4 is 29.7 Å². The molecular weight excluding hydrogens is 490 g/mol. The van der Waals surface area contributed by atoms with Gasteiger partial charge in [-0.05, 0) is 43.6 Å². The molecule has 4 rings (SSSR count). The van der Waals surface area contributed by atoms with Crippen LogP contribution < -0.4 is 0 Å². The molecule has 2 amide bonds. The van der Waals surface area contributed by atoms with E-state index in [1.165, 1.54) is 21.3 Å². The van der Waals surface area contributed by atoms with Gasteiger partial charge < -0.3 is 14.2 Å². The molecule has 1 saturated carbocycles. The number of aryl methyl sites for hydroxylation is 1. The molecule has 0 aromatic heterocycles. The lowest BCUT2D eigenvalue weighted by Gasteiger charge is -2.48. The topological polar surface area (TPSA) is 116 Å². The van der Waals surface area contributed by atoms with Crippen LogP contribution in [0.4, 0.5) is 0 Å². The summed E-state index contributed by atoms with van der Waals surface area (Å²) in [5.41, 5.74) is 2.01. The van der Waals surface area contributed by atoms with Gasteiger partial charge in [0.05, 0.1) is 44.5 Å². The average Bonchev–Trinajstić information content (AvgIpc) is 3.14. The van der Waals surface area contributed by atoms with E-state index >= 15 is 0 Å². The molecule has 1 heterocycles. The lowest BCUT2D eigenvalue weighted by atomic mass is 9.53. The third-order valence-electron chi connectivity index (χ3n) is 8.62. The number of likely N-dealkylation sites (tertiary alicyclic amines) is 1. The standard InChI is InChI=1S/C29H35NO8/c1-6-38-29(35)22-17(13-12-16-10-8-7-9-11-16)23-24(26(32)30(3)25(23)31)20-15(2)21(28(34)37-5)19(14-18(20)22)27(33)36-4/h7-11,15,17,19-21,23-24H,6,12-14H2,1-5H3/t15?,17-,19-,20+,21+,23-,24+/m0/s1. The number of rotatable bonds is 7. The van der Waals surface area contributed by atoms with Crippen LogP contribution in [0.5, 0.6) is 0 Å². The Balaban J connectivity index is 1.91. The van der Waals surface area contributed by atoms with Gasteiger partial charge in [0.1, 0.15) is 0 Å². The summed E-state index contributed by atoms with van der Waals surface area (Å²) in [6, 6.07) is 9.72. The molecule has 9 nitrogen and oxygen atoms in total. The van der Waals surface area contributed by atoms with Crippen molar-refractivity contribution in [3.05, 3.63) is 47.0 Å². The van der Waals surface area contributed by atoms with E-state index < -0.39 is 59.3 Å². The summed E-state index contributed by atoms with van der Waals surface area (Å²) < 4.78 is 15.6. The number of nitrogens with zero attached hydrogens (tertiary/aromatic N) is 1. The molecule has 1 aromatic rings. The maximum atomic E-state index is 13.6. The fourth-order valence-corrected chi connectivity index (χ4v) is 7.00. The van der Waals surface area contributed by atoms with E-state index in [0.717, 1.165) is 10.5 Å². The number of imide groups is 1. The van der Waals surface area contributed by atoms with Crippen LogP contribution in [-0.4, -0.2) is 62.5 Å². The van der Waals surface area contributed by atoms with Crippen LogP contribution in [0.2, 0.25) is 0 Å². The van der Waals surface area contributed by atoms with Gasteiger partial charge in [-0.1, -0.05) is 42.8 Å². The second-order valence-corrected chi connectivity index (χ2v) is 10.3. The summed E-state index contributed by atoms with van der Waals surface area (Å²) in [5, 5.41) is 0. The fourth-order valence-electron chi connectivity index (χ4n) is 7.00. The van der Waals surface area contributed by atoms with Crippen molar-refractivity contribution in [3.8, 4) is 0 Å². The highest BCUT2D eigenvalue weighted by Crippen LogP contribution is 2.57. The molecule has 7 atom stereocenters. The number of amides is 2. The number of hydrogen-bond acceptors (Lipinski definition) is 8. The molecule has 0 bridgehead atoms. The van der Waals surface area contributed by atoms with Crippen LogP contribution in [0.1, 0.15) is 32.3 Å². The third-order valence-corrected chi connectivity index (χ3v) is 8.62. The first-order chi connectivity index (χ1) is 18.2. The minimum absolute atomic E-state index is 0.0475. The van der Waals surface area contributed by atoms with Crippen LogP contribution in [0.25, 0.3) is 0 Å². The van der Waals surface area contributed by atoms with Gasteiger partial charge in [-0.25, -0.2) is 4.79 Å². The molecule has 0 spiro atoms. The van der Waals surface area contributed by atoms with Crippen molar-refractivity contribution in [2.75, 3.05) is 27.9 Å². The highest BCUT2D eigenvalue weighted by molar-refractivity contribution is 6.07. The molecule has 1 unspecified atom stereocenters. The minimum atomic E-state index is -0.894. The first-order valence-electron chi connectivity index (χ1n) is 13.1. The number of esters is 3. The third kappa shape index (κ3) is 4.52. The monoisotopic (exact) mass is 525 g/mol. The summed E-state index contributed by atoms with van der Waals surface area (Å²) in [4.78, 5) is 67.6. The van der Waals surface area contributed by atoms with Crippen molar-refractivity contribution in [1.29, 1.82) is 0 Å². The van der Waals surface area contributed by atoms with Gasteiger partial charge in [-0.3, -0.25) is 24.1 Å². The Morgan fingerprint density at radius 3 is 2.18 bits per heavy atom. The highest BCUT2D eigenvalue weighted by Gasteiger charge is 2.63. The molecule has 1 aliphatic heterocycles. The van der Waals surface area contributed by atoms with Crippen LogP contribution in [0.3, 0.4) is 0 Å². The first kappa shape index (κ1) is 27.5. The van der Waals surface area contributed by atoms with Gasteiger partial charge in [0.25, 0.3) is 0 Å². The SMILES string of the molecule is CCOC(=O)C1=C2C[C@H](C(=O)OC)[C@H](C(=O)OC)C(C)[C@H]2[C@H]2C(=O)N(C)C(=O)[C@H]2[C@H]1CCc1ccccc1. The molecule has 1 aromatic carbocycles. The van der Waals surface area contributed by atoms with Crippen molar-refractivity contribution in [2.45, 2.75) is 33.1 Å². The Hall–Kier alpha value is -3.49. The molecule has 38 heavy (non-hydrogen) atoms. The average molecular weight is 526 g/mol. The zero-order valence-corrected chi connectivity index (χ0v) is 22.5. The lowest BCUT2D eigenvalue weighted by Crippen LogP contribution is -2.51. The van der Waals surface area contributed by atoms with Crippen LogP contribution in [-0.2, 0) is 44.6 Å². The van der Waals surface area contributed by atoms with Crippen molar-refractivity contribution in [2.24, 2.45) is 41.4 Å². The Labute approximate surface area is 222 Å². The van der Waals surface area contributed by atoms with Gasteiger partial charge in [-0.15, -0.1) is 0 Å². The van der Waals surface area contributed by atoms with E-state index in [0.29, 0.717) is 24.0 Å². The largest absolute Gasteiger partial charge is 0.469 e. The Morgan fingerprint density at radius 2 is 1.58 bits per heavy atom. The maximum absolute atomic E-state index is 13.6. The number of benzene rings is 1. The number of ether oxygens (including phenoxy) is 3. The molecule has 3 aliphatic rings. The molecule has 1 saturated heterocycles. The van der Waals surface area contributed by atoms with Gasteiger partial charge in [0.2, 0.25) is 11.8 Å². The van der Waals surface area contributed by atoms with E-state index in [4.69, 9.17) is 14.2 Å². The van der Waals surface area contributed by atoms with E-state index in [1.807, 2.05) is 30.3 Å². The number of methoxy groups -OCH3 is 2. The second kappa shape index (κ2) is 11.1. The molecule has 2 fully saturated rings. The summed E-state index contributed by atoms with van der Waals surface area (Å²) in [5.74, 6) is -7.43. The van der Waals surface area contributed by atoms with E-state index in [2.05, 4.69) is 0 Å². The molecule has 0 N–H and O–H groups in total. The summed E-state index contributed by atoms with van der Waals surface area (Å²) >= 11 is 0. The van der Waals surface area contributed by atoms with Crippen LogP contribution in [0, 0.1) is 41.4 Å². The summed E-state index contributed by atoms with van der Waals surface area (Å²) in [7, 11) is 3.96. The minimum Gasteiger partial charge on any atom is -0.469 e. The lowest BCUT2D eigenvalue weighted by molar-refractivity contribution is -0.163. The molecule has 9 heteroatoms. The van der Waals surface area contributed by atoms with Gasteiger partial charge >= 0.3 is 17.9 Å². The quantitative estimate of drug-likeness (QED) is 0.303. The van der Waals surface area contributed by atoms with Crippen molar-refractivity contribution < 1.29 is 38.2 Å². The fraction of sp³-hybridized carbons (Fsp3) is 0.552. The Kier molecular flexibility index (Phi) is 8.04. The van der Waals surface area contributed by atoms with Crippen LogP contribution >= 0.6 is 0 Å². The Morgan fingerprint density at radius 1 is 0.947 bits per heavy atom. The normalized spacial score (nSPS) is 30.4. The molecular formula is C29H35NO8. The van der Waals surface area contributed by atoms with Crippen molar-refractivity contribution in [1.82, 2.24) is 4.90 Å². The number of fused-ring (bicyclic) bond motifs is 3. The number of carbonyl (C=O) groups is 5. The Bertz CT molecular complexity index is 1160. The zero-order chi connectivity index (χ0) is 27.7. The van der Waals surface area contributed by atoms with Gasteiger partial charge in [0.15, 0.2) is 0 Å². The predicted octanol–water partition coefficient (Wildman–Crippen LogP) is 2.57. The molecule has 0 radical (unpaired) electrons. The highest BCUT2D eigenvalue weighted by atomic mass is 16.5. The summed E-state index contributed by atoms with van der Waals surface area (Å²) in [6.07, 6.45) is 1.08. The molecule has 2 aliphatic carbocycles. The number of allylic oxidation sites excluding steroid dienone is 1. The molecule has 204 valence electrons. The van der Waals surface area contributed by atoms with E-state index in [-0.39, 0.29) is 24.8 Å². The number of carbonyl (C=O) groups excluding carboxylic acids is 5. The van der Waals surface area contributed by atoms with Gasteiger partial charge in [-0.2, -0.15) is 0 Å². The maximum Gasteiger partial charge on any atom is 0.334 e. The van der Waals surface area contributed by atoms with E-state index in [9.17, 15) is 24.0 Å². The van der Waals surface area contributed by atoms with Gasteiger partial charge in [0, 0.05) is 18.5 Å².